The molecule has 0 amide bonds. The number of rotatable bonds is 5. The number of carboxylic acid groups (broad SMARTS) is 1. The lowest BCUT2D eigenvalue weighted by atomic mass is 10.1. The average molecular weight is 248 g/mol. The Balaban J connectivity index is 2.46. The molecule has 0 saturated carbocycles. The van der Waals surface area contributed by atoms with Gasteiger partial charge in [0.2, 0.25) is 0 Å². The molecule has 0 atom stereocenters. The number of hydrogen-bond donors (Lipinski definition) is 1. The highest BCUT2D eigenvalue weighted by Gasteiger charge is 2.22. The first kappa shape index (κ1) is 12.9. The molecule has 1 aromatic rings. The van der Waals surface area contributed by atoms with Crippen molar-refractivity contribution in [2.45, 2.75) is 39.5 Å². The van der Waals surface area contributed by atoms with Gasteiger partial charge in [-0.15, -0.1) is 0 Å². The van der Waals surface area contributed by atoms with Crippen LogP contribution in [0.3, 0.4) is 0 Å². The number of aromatic nitrogens is 1. The topological polar surface area (TPSA) is 53.4 Å². The van der Waals surface area contributed by atoms with Crippen molar-refractivity contribution in [2.75, 3.05) is 18.0 Å². The molecule has 0 aromatic carbocycles. The predicted molar refractivity (Wildman–Crippen MR) is 71.4 cm³/mol. The van der Waals surface area contributed by atoms with Gasteiger partial charge in [-0.25, -0.2) is 9.78 Å². The molecule has 0 bridgehead atoms. The van der Waals surface area contributed by atoms with E-state index in [9.17, 15) is 9.90 Å². The molecule has 1 N–H and O–H groups in total. The van der Waals surface area contributed by atoms with Gasteiger partial charge in [-0.2, -0.15) is 0 Å². The summed E-state index contributed by atoms with van der Waals surface area (Å²) < 4.78 is 0. The van der Waals surface area contributed by atoms with E-state index in [0.29, 0.717) is 11.4 Å². The van der Waals surface area contributed by atoms with Gasteiger partial charge in [0.1, 0.15) is 11.4 Å². The highest BCUT2D eigenvalue weighted by atomic mass is 16.4. The van der Waals surface area contributed by atoms with E-state index < -0.39 is 5.97 Å². The van der Waals surface area contributed by atoms with Crippen molar-refractivity contribution in [3.05, 3.63) is 22.9 Å². The zero-order chi connectivity index (χ0) is 13.1. The summed E-state index contributed by atoms with van der Waals surface area (Å²) in [4.78, 5) is 18.0. The minimum Gasteiger partial charge on any atom is -0.478 e. The number of aromatic carboxylic acids is 1. The van der Waals surface area contributed by atoms with E-state index in [1.165, 1.54) is 0 Å². The monoisotopic (exact) mass is 248 g/mol. The van der Waals surface area contributed by atoms with Crippen molar-refractivity contribution in [3.63, 3.8) is 0 Å². The van der Waals surface area contributed by atoms with E-state index in [1.54, 1.807) is 0 Å². The quantitative estimate of drug-likeness (QED) is 0.870. The highest BCUT2D eigenvalue weighted by molar-refractivity contribution is 5.93. The minimum absolute atomic E-state index is 0.353. The van der Waals surface area contributed by atoms with E-state index >= 15 is 0 Å². The van der Waals surface area contributed by atoms with Gasteiger partial charge in [0.25, 0.3) is 0 Å². The average Bonchev–Trinajstić information content (AvgIpc) is 2.81. The molecule has 18 heavy (non-hydrogen) atoms. The molecule has 0 saturated heterocycles. The molecule has 1 aliphatic rings. The maximum Gasteiger partial charge on any atom is 0.339 e. The Hall–Kier alpha value is -1.58. The molecular formula is C14H20N2O2. The molecule has 0 aliphatic heterocycles. The summed E-state index contributed by atoms with van der Waals surface area (Å²) in [6, 6.07) is 1.82. The molecule has 2 rings (SSSR count). The second kappa shape index (κ2) is 5.38. The molecule has 1 aromatic heterocycles. The SMILES string of the molecule is CCCN(CC)c1nc2c(cc1C(=O)O)CCC2. The molecule has 98 valence electrons. The van der Waals surface area contributed by atoms with Crippen molar-refractivity contribution >= 4 is 11.8 Å². The maximum atomic E-state index is 11.4. The molecule has 0 fully saturated rings. The van der Waals surface area contributed by atoms with Crippen LogP contribution < -0.4 is 4.90 Å². The number of pyridine rings is 1. The third-order valence-electron chi connectivity index (χ3n) is 3.44. The number of hydrogen-bond acceptors (Lipinski definition) is 3. The largest absolute Gasteiger partial charge is 0.478 e. The third-order valence-corrected chi connectivity index (χ3v) is 3.44. The van der Waals surface area contributed by atoms with Crippen LogP contribution in [-0.4, -0.2) is 29.1 Å². The molecule has 4 nitrogen and oxygen atoms in total. The van der Waals surface area contributed by atoms with Gasteiger partial charge in [0.05, 0.1) is 0 Å². The van der Waals surface area contributed by atoms with Gasteiger partial charge in [-0.3, -0.25) is 0 Å². The number of anilines is 1. The number of nitrogens with zero attached hydrogens (tertiary/aromatic N) is 2. The fourth-order valence-electron chi connectivity index (χ4n) is 2.54. The summed E-state index contributed by atoms with van der Waals surface area (Å²) in [5, 5.41) is 9.34. The molecule has 0 radical (unpaired) electrons. The molecule has 0 unspecified atom stereocenters. The number of carbonyl (C=O) groups is 1. The van der Waals surface area contributed by atoms with E-state index in [2.05, 4.69) is 16.8 Å². The van der Waals surface area contributed by atoms with E-state index in [0.717, 1.165) is 50.0 Å². The Morgan fingerprint density at radius 2 is 2.22 bits per heavy atom. The van der Waals surface area contributed by atoms with Crippen LogP contribution in [0.25, 0.3) is 0 Å². The minimum atomic E-state index is -0.873. The number of carboxylic acids is 1. The van der Waals surface area contributed by atoms with Crippen LogP contribution in [-0.2, 0) is 12.8 Å². The van der Waals surface area contributed by atoms with Gasteiger partial charge in [0.15, 0.2) is 0 Å². The second-order valence-corrected chi connectivity index (χ2v) is 4.70. The first-order valence-electron chi connectivity index (χ1n) is 6.68. The molecular weight excluding hydrogens is 228 g/mol. The predicted octanol–water partition coefficient (Wildman–Crippen LogP) is 2.50. The second-order valence-electron chi connectivity index (χ2n) is 4.70. The lowest BCUT2D eigenvalue weighted by Gasteiger charge is -2.23. The van der Waals surface area contributed by atoms with E-state index in [1.807, 2.05) is 13.0 Å². The van der Waals surface area contributed by atoms with Gasteiger partial charge in [-0.05, 0) is 44.2 Å². The fourth-order valence-corrected chi connectivity index (χ4v) is 2.54. The summed E-state index contributed by atoms with van der Waals surface area (Å²) in [5.74, 6) is -0.228. The van der Waals surface area contributed by atoms with E-state index in [-0.39, 0.29) is 0 Å². The van der Waals surface area contributed by atoms with Crippen LogP contribution in [0, 0.1) is 0 Å². The molecule has 0 spiro atoms. The van der Waals surface area contributed by atoms with Crippen molar-refractivity contribution < 1.29 is 9.90 Å². The summed E-state index contributed by atoms with van der Waals surface area (Å²) >= 11 is 0. The van der Waals surface area contributed by atoms with Crippen LogP contribution in [0.5, 0.6) is 0 Å². The smallest absolute Gasteiger partial charge is 0.339 e. The van der Waals surface area contributed by atoms with Crippen LogP contribution in [0.15, 0.2) is 6.07 Å². The zero-order valence-corrected chi connectivity index (χ0v) is 11.1. The van der Waals surface area contributed by atoms with E-state index in [4.69, 9.17) is 0 Å². The third kappa shape index (κ3) is 2.33. The molecule has 4 heteroatoms. The Kier molecular flexibility index (Phi) is 3.84. The van der Waals surface area contributed by atoms with Crippen molar-refractivity contribution in [1.29, 1.82) is 0 Å². The van der Waals surface area contributed by atoms with Crippen molar-refractivity contribution in [3.8, 4) is 0 Å². The lowest BCUT2D eigenvalue weighted by Crippen LogP contribution is -2.27. The maximum absolute atomic E-state index is 11.4. The first-order valence-corrected chi connectivity index (χ1v) is 6.68. The Labute approximate surface area is 108 Å². The first-order chi connectivity index (χ1) is 8.67. The van der Waals surface area contributed by atoms with Gasteiger partial charge in [0, 0.05) is 18.8 Å². The van der Waals surface area contributed by atoms with Crippen molar-refractivity contribution in [1.82, 2.24) is 4.98 Å². The summed E-state index contributed by atoms with van der Waals surface area (Å²) in [6.07, 6.45) is 4.02. The zero-order valence-electron chi connectivity index (χ0n) is 11.1. The molecule has 1 aliphatic carbocycles. The highest BCUT2D eigenvalue weighted by Crippen LogP contribution is 2.27. The van der Waals surface area contributed by atoms with Gasteiger partial charge < -0.3 is 10.0 Å². The fraction of sp³-hybridized carbons (Fsp3) is 0.571. The Morgan fingerprint density at radius 1 is 1.44 bits per heavy atom. The number of aryl methyl sites for hydroxylation is 2. The summed E-state index contributed by atoms with van der Waals surface area (Å²) in [6.45, 7) is 5.77. The molecule has 1 heterocycles. The van der Waals surface area contributed by atoms with Crippen LogP contribution in [0.4, 0.5) is 5.82 Å². The van der Waals surface area contributed by atoms with Crippen LogP contribution in [0.2, 0.25) is 0 Å². The standard InChI is InChI=1S/C14H20N2O2/c1-3-8-16(4-2)13-11(14(17)18)9-10-6-5-7-12(10)15-13/h9H,3-8H2,1-2H3,(H,17,18). The lowest BCUT2D eigenvalue weighted by molar-refractivity contribution is 0.0697. The van der Waals surface area contributed by atoms with Crippen LogP contribution in [0.1, 0.15) is 48.3 Å². The normalized spacial score (nSPS) is 13.4. The number of fused-ring (bicyclic) bond motifs is 1. The van der Waals surface area contributed by atoms with Crippen molar-refractivity contribution in [2.24, 2.45) is 0 Å². The van der Waals surface area contributed by atoms with Gasteiger partial charge >= 0.3 is 5.97 Å². The Bertz CT molecular complexity index is 457. The van der Waals surface area contributed by atoms with Gasteiger partial charge in [-0.1, -0.05) is 6.92 Å². The van der Waals surface area contributed by atoms with Crippen LogP contribution >= 0.6 is 0 Å². The summed E-state index contributed by atoms with van der Waals surface area (Å²) in [7, 11) is 0. The summed E-state index contributed by atoms with van der Waals surface area (Å²) in [5.41, 5.74) is 2.55. The Morgan fingerprint density at radius 3 is 2.83 bits per heavy atom.